The Bertz CT molecular complexity index is 396. The second-order valence-electron chi connectivity index (χ2n) is 3.65. The van der Waals surface area contributed by atoms with Gasteiger partial charge in [0.05, 0.1) is 31.6 Å². The van der Waals surface area contributed by atoms with Crippen LogP contribution in [0.3, 0.4) is 0 Å². The zero-order valence-electron chi connectivity index (χ0n) is 10.7. The average Bonchev–Trinajstić information content (AvgIpc) is 2.38. The zero-order valence-corrected chi connectivity index (χ0v) is 10.7. The zero-order chi connectivity index (χ0) is 13.4. The number of amides is 1. The van der Waals surface area contributed by atoms with Crippen molar-refractivity contribution in [2.45, 2.75) is 0 Å². The van der Waals surface area contributed by atoms with Crippen molar-refractivity contribution < 1.29 is 14.3 Å². The van der Waals surface area contributed by atoms with E-state index in [0.29, 0.717) is 30.3 Å². The van der Waals surface area contributed by atoms with Crippen molar-refractivity contribution in [3.8, 4) is 5.75 Å². The van der Waals surface area contributed by atoms with Crippen molar-refractivity contribution in [1.82, 2.24) is 5.32 Å². The lowest BCUT2D eigenvalue weighted by Gasteiger charge is -2.11. The second kappa shape index (κ2) is 7.39. The number of carbonyl (C=O) groups excluding carboxylic acids is 1. The summed E-state index contributed by atoms with van der Waals surface area (Å²) < 4.78 is 9.92. The molecule has 0 radical (unpaired) electrons. The second-order valence-corrected chi connectivity index (χ2v) is 3.65. The minimum absolute atomic E-state index is 0.116. The summed E-state index contributed by atoms with van der Waals surface area (Å²) in [6.45, 7) is 1.14. The van der Waals surface area contributed by atoms with E-state index in [1.807, 2.05) is 0 Å². The highest BCUT2D eigenvalue weighted by Crippen LogP contribution is 2.23. The van der Waals surface area contributed by atoms with E-state index in [1.165, 1.54) is 0 Å². The molecule has 0 aliphatic heterocycles. The molecule has 1 aromatic carbocycles. The summed E-state index contributed by atoms with van der Waals surface area (Å²) in [5.74, 6) is 0.570. The minimum atomic E-state index is -0.116. The Morgan fingerprint density at radius 1 is 1.39 bits per heavy atom. The van der Waals surface area contributed by atoms with Crippen LogP contribution in [0, 0.1) is 0 Å². The van der Waals surface area contributed by atoms with Crippen LogP contribution in [-0.4, -0.2) is 39.8 Å². The lowest BCUT2D eigenvalue weighted by Crippen LogP contribution is -2.32. The van der Waals surface area contributed by atoms with Gasteiger partial charge in [0.15, 0.2) is 0 Å². The molecule has 1 rings (SSSR count). The Hall–Kier alpha value is -1.95. The number of nitrogens with one attached hydrogen (secondary N) is 2. The van der Waals surface area contributed by atoms with E-state index in [1.54, 1.807) is 32.4 Å². The molecule has 100 valence electrons. The van der Waals surface area contributed by atoms with Crippen molar-refractivity contribution in [3.05, 3.63) is 18.2 Å². The summed E-state index contributed by atoms with van der Waals surface area (Å²) in [5, 5.41) is 5.66. The van der Waals surface area contributed by atoms with Crippen LogP contribution < -0.4 is 21.1 Å². The highest BCUT2D eigenvalue weighted by molar-refractivity contribution is 5.82. The number of methoxy groups -OCH3 is 2. The fourth-order valence-corrected chi connectivity index (χ4v) is 1.35. The van der Waals surface area contributed by atoms with Crippen molar-refractivity contribution >= 4 is 17.3 Å². The van der Waals surface area contributed by atoms with E-state index >= 15 is 0 Å². The molecular weight excluding hydrogens is 234 g/mol. The third-order valence-electron chi connectivity index (χ3n) is 2.33. The Labute approximate surface area is 106 Å². The molecule has 0 bridgehead atoms. The number of hydrogen-bond donors (Lipinski definition) is 3. The molecule has 0 atom stereocenters. The Morgan fingerprint density at radius 3 is 2.83 bits per heavy atom. The van der Waals surface area contributed by atoms with Gasteiger partial charge in [0.1, 0.15) is 5.75 Å². The molecule has 0 aromatic heterocycles. The number of carbonyl (C=O) groups is 1. The standard InChI is InChI=1S/C12H19N3O3/c1-17-6-5-14-12(16)8-15-11-7-9(18-2)3-4-10(11)13/h3-4,7,15H,5-6,8,13H2,1-2H3,(H,14,16). The van der Waals surface area contributed by atoms with E-state index in [9.17, 15) is 4.79 Å². The molecule has 4 N–H and O–H groups in total. The van der Waals surface area contributed by atoms with Gasteiger partial charge in [-0.3, -0.25) is 4.79 Å². The van der Waals surface area contributed by atoms with E-state index in [0.717, 1.165) is 0 Å². The van der Waals surface area contributed by atoms with Crippen LogP contribution >= 0.6 is 0 Å². The molecule has 0 saturated heterocycles. The maximum absolute atomic E-state index is 11.5. The molecule has 6 heteroatoms. The average molecular weight is 253 g/mol. The van der Waals surface area contributed by atoms with E-state index < -0.39 is 0 Å². The highest BCUT2D eigenvalue weighted by atomic mass is 16.5. The molecule has 0 aliphatic rings. The van der Waals surface area contributed by atoms with Crippen LogP contribution in [0.25, 0.3) is 0 Å². The number of nitrogens with two attached hydrogens (primary N) is 1. The quantitative estimate of drug-likeness (QED) is 0.485. The van der Waals surface area contributed by atoms with Gasteiger partial charge in [-0.2, -0.15) is 0 Å². The molecule has 0 aliphatic carbocycles. The first-order valence-electron chi connectivity index (χ1n) is 5.60. The fourth-order valence-electron chi connectivity index (χ4n) is 1.35. The lowest BCUT2D eigenvalue weighted by molar-refractivity contribution is -0.119. The minimum Gasteiger partial charge on any atom is -0.497 e. The molecular formula is C12H19N3O3. The highest BCUT2D eigenvalue weighted by Gasteiger charge is 2.04. The van der Waals surface area contributed by atoms with Gasteiger partial charge in [0, 0.05) is 19.7 Å². The molecule has 0 saturated carbocycles. The fraction of sp³-hybridized carbons (Fsp3) is 0.417. The van der Waals surface area contributed by atoms with Crippen LogP contribution in [0.4, 0.5) is 11.4 Å². The molecule has 6 nitrogen and oxygen atoms in total. The monoisotopic (exact) mass is 253 g/mol. The van der Waals surface area contributed by atoms with Crippen LogP contribution in [0.2, 0.25) is 0 Å². The van der Waals surface area contributed by atoms with Crippen molar-refractivity contribution in [1.29, 1.82) is 0 Å². The molecule has 0 fully saturated rings. The normalized spacial score (nSPS) is 9.89. The number of nitrogen functional groups attached to an aromatic ring is 1. The van der Waals surface area contributed by atoms with E-state index in [4.69, 9.17) is 15.2 Å². The smallest absolute Gasteiger partial charge is 0.239 e. The lowest BCUT2D eigenvalue weighted by atomic mass is 10.2. The molecule has 1 aromatic rings. The summed E-state index contributed by atoms with van der Waals surface area (Å²) in [4.78, 5) is 11.5. The third kappa shape index (κ3) is 4.50. The van der Waals surface area contributed by atoms with E-state index in [-0.39, 0.29) is 12.5 Å². The number of anilines is 2. The number of rotatable bonds is 7. The largest absolute Gasteiger partial charge is 0.497 e. The van der Waals surface area contributed by atoms with Gasteiger partial charge in [-0.15, -0.1) is 0 Å². The number of hydrogen-bond acceptors (Lipinski definition) is 5. The van der Waals surface area contributed by atoms with Gasteiger partial charge in [-0.05, 0) is 12.1 Å². The van der Waals surface area contributed by atoms with Crippen LogP contribution in [0.1, 0.15) is 0 Å². The summed E-state index contributed by atoms with van der Waals surface area (Å²) in [7, 11) is 3.16. The van der Waals surface area contributed by atoms with Crippen LogP contribution in [0.5, 0.6) is 5.75 Å². The molecule has 0 spiro atoms. The molecule has 1 amide bonds. The first-order valence-corrected chi connectivity index (χ1v) is 5.60. The Kier molecular flexibility index (Phi) is 5.79. The van der Waals surface area contributed by atoms with Gasteiger partial charge in [-0.1, -0.05) is 0 Å². The predicted molar refractivity (Wildman–Crippen MR) is 70.8 cm³/mol. The summed E-state index contributed by atoms with van der Waals surface area (Å²) in [6.07, 6.45) is 0. The van der Waals surface area contributed by atoms with Gasteiger partial charge < -0.3 is 25.8 Å². The third-order valence-corrected chi connectivity index (χ3v) is 2.33. The van der Waals surface area contributed by atoms with Crippen LogP contribution in [0.15, 0.2) is 18.2 Å². The predicted octanol–water partition coefficient (Wildman–Crippen LogP) is 0.452. The van der Waals surface area contributed by atoms with Gasteiger partial charge in [-0.25, -0.2) is 0 Å². The summed E-state index contributed by atoms with van der Waals surface area (Å²) in [6, 6.07) is 5.24. The molecule has 0 unspecified atom stereocenters. The maximum atomic E-state index is 11.5. The van der Waals surface area contributed by atoms with Crippen molar-refractivity contribution in [2.24, 2.45) is 0 Å². The van der Waals surface area contributed by atoms with Gasteiger partial charge in [0.25, 0.3) is 0 Å². The van der Waals surface area contributed by atoms with Crippen molar-refractivity contribution in [2.75, 3.05) is 45.0 Å². The Morgan fingerprint density at radius 2 is 2.17 bits per heavy atom. The summed E-state index contributed by atoms with van der Waals surface area (Å²) in [5.41, 5.74) is 7.03. The summed E-state index contributed by atoms with van der Waals surface area (Å²) >= 11 is 0. The van der Waals surface area contributed by atoms with Crippen LogP contribution in [-0.2, 0) is 9.53 Å². The number of ether oxygens (including phenoxy) is 2. The van der Waals surface area contributed by atoms with Gasteiger partial charge in [0.2, 0.25) is 5.91 Å². The number of benzene rings is 1. The molecule has 0 heterocycles. The first-order chi connectivity index (χ1) is 8.67. The SMILES string of the molecule is COCCNC(=O)CNc1cc(OC)ccc1N. The maximum Gasteiger partial charge on any atom is 0.239 e. The first kappa shape index (κ1) is 14.1. The van der Waals surface area contributed by atoms with Gasteiger partial charge >= 0.3 is 0 Å². The van der Waals surface area contributed by atoms with E-state index in [2.05, 4.69) is 10.6 Å². The Balaban J connectivity index is 2.45. The van der Waals surface area contributed by atoms with Crippen molar-refractivity contribution in [3.63, 3.8) is 0 Å². The molecule has 18 heavy (non-hydrogen) atoms. The topological polar surface area (TPSA) is 85.6 Å².